The van der Waals surface area contributed by atoms with Crippen LogP contribution >= 0.6 is 0 Å². The monoisotopic (exact) mass is 300 g/mol. The number of aromatic nitrogens is 1. The van der Waals surface area contributed by atoms with E-state index < -0.39 is 10.0 Å². The zero-order valence-electron chi connectivity index (χ0n) is 12.3. The fraction of sp³-hybridized carbons (Fsp3) is 0.615. The van der Waals surface area contributed by atoms with Crippen molar-refractivity contribution >= 4 is 15.7 Å². The molecule has 0 unspecified atom stereocenters. The molecule has 20 heavy (non-hydrogen) atoms. The molecule has 0 aliphatic heterocycles. The Labute approximate surface area is 121 Å². The lowest BCUT2D eigenvalue weighted by molar-refractivity contribution is 0.268. The van der Waals surface area contributed by atoms with Crippen molar-refractivity contribution in [2.75, 3.05) is 25.9 Å². The summed E-state index contributed by atoms with van der Waals surface area (Å²) >= 11 is 0. The van der Waals surface area contributed by atoms with Gasteiger partial charge in [-0.2, -0.15) is 0 Å². The molecule has 0 saturated carbocycles. The van der Waals surface area contributed by atoms with E-state index in [1.807, 2.05) is 0 Å². The Morgan fingerprint density at radius 3 is 2.70 bits per heavy atom. The average molecular weight is 300 g/mol. The first kappa shape index (κ1) is 16.9. The van der Waals surface area contributed by atoms with Crippen LogP contribution in [0.25, 0.3) is 0 Å². The molecule has 1 aromatic rings. The van der Waals surface area contributed by atoms with Gasteiger partial charge in [0.05, 0.1) is 5.69 Å². The van der Waals surface area contributed by atoms with Gasteiger partial charge in [-0.25, -0.2) is 18.1 Å². The molecule has 0 saturated heterocycles. The molecule has 3 N–H and O–H groups in total. The van der Waals surface area contributed by atoms with Crippen LogP contribution < -0.4 is 10.5 Å². The molecule has 0 atom stereocenters. The molecular weight excluding hydrogens is 276 g/mol. The fourth-order valence-corrected chi connectivity index (χ4v) is 2.77. The van der Waals surface area contributed by atoms with Gasteiger partial charge in [-0.3, -0.25) is 0 Å². The molecule has 7 heteroatoms. The van der Waals surface area contributed by atoms with E-state index in [4.69, 9.17) is 5.73 Å². The second-order valence-corrected chi connectivity index (χ2v) is 6.76. The number of hydrogen-bond donors (Lipinski definition) is 2. The predicted octanol–water partition coefficient (Wildman–Crippen LogP) is 1.06. The molecule has 0 aromatic carbocycles. The summed E-state index contributed by atoms with van der Waals surface area (Å²) in [5, 5.41) is -0.0979. The molecule has 0 aliphatic rings. The number of nitrogens with two attached hydrogens (primary N) is 1. The van der Waals surface area contributed by atoms with Gasteiger partial charge in [0.2, 0.25) is 0 Å². The van der Waals surface area contributed by atoms with E-state index in [1.165, 1.54) is 12.3 Å². The molecule has 0 spiro atoms. The van der Waals surface area contributed by atoms with Gasteiger partial charge >= 0.3 is 0 Å². The third-order valence-corrected chi connectivity index (χ3v) is 4.60. The smallest absolute Gasteiger partial charge is 0.260 e. The van der Waals surface area contributed by atoms with Crippen LogP contribution in [0, 0.1) is 0 Å². The quantitative estimate of drug-likeness (QED) is 0.701. The van der Waals surface area contributed by atoms with Gasteiger partial charge in [0.25, 0.3) is 10.0 Å². The minimum atomic E-state index is -3.61. The van der Waals surface area contributed by atoms with Crippen molar-refractivity contribution in [3.8, 4) is 0 Å². The van der Waals surface area contributed by atoms with Crippen molar-refractivity contribution in [3.63, 3.8) is 0 Å². The van der Waals surface area contributed by atoms with Crippen LogP contribution in [-0.4, -0.2) is 44.5 Å². The van der Waals surface area contributed by atoms with E-state index in [0.29, 0.717) is 12.6 Å². The minimum absolute atomic E-state index is 0.0979. The maximum absolute atomic E-state index is 12.0. The van der Waals surface area contributed by atoms with Crippen LogP contribution in [-0.2, 0) is 10.0 Å². The van der Waals surface area contributed by atoms with Gasteiger partial charge in [-0.05, 0) is 52.4 Å². The van der Waals surface area contributed by atoms with Gasteiger partial charge in [0.1, 0.15) is 0 Å². The lowest BCUT2D eigenvalue weighted by Gasteiger charge is -2.20. The first-order valence-corrected chi connectivity index (χ1v) is 8.23. The number of sulfonamides is 1. The Hall–Kier alpha value is -1.18. The maximum Gasteiger partial charge on any atom is 0.260 e. The maximum atomic E-state index is 12.0. The molecule has 0 bridgehead atoms. The second kappa shape index (κ2) is 7.56. The zero-order valence-corrected chi connectivity index (χ0v) is 13.2. The van der Waals surface area contributed by atoms with Crippen molar-refractivity contribution in [3.05, 3.63) is 18.3 Å². The number of anilines is 1. The second-order valence-electron chi connectivity index (χ2n) is 5.08. The number of pyridine rings is 1. The Bertz CT molecular complexity index is 517. The highest BCUT2D eigenvalue weighted by molar-refractivity contribution is 7.89. The minimum Gasteiger partial charge on any atom is -0.396 e. The first-order chi connectivity index (χ1) is 9.34. The largest absolute Gasteiger partial charge is 0.396 e. The van der Waals surface area contributed by atoms with Gasteiger partial charge in [-0.1, -0.05) is 0 Å². The number of nitrogens with zero attached hydrogens (tertiary/aromatic N) is 2. The molecule has 6 nitrogen and oxygen atoms in total. The number of rotatable bonds is 8. The van der Waals surface area contributed by atoms with Crippen molar-refractivity contribution < 1.29 is 8.42 Å². The number of nitrogen functional groups attached to an aromatic ring is 1. The van der Waals surface area contributed by atoms with E-state index in [1.54, 1.807) is 6.07 Å². The third kappa shape index (κ3) is 5.07. The summed E-state index contributed by atoms with van der Waals surface area (Å²) in [6.07, 6.45) is 3.14. The van der Waals surface area contributed by atoms with Crippen LogP contribution in [0.3, 0.4) is 0 Å². The van der Waals surface area contributed by atoms with Gasteiger partial charge in [-0.15, -0.1) is 0 Å². The van der Waals surface area contributed by atoms with E-state index in [2.05, 4.69) is 35.5 Å². The highest BCUT2D eigenvalue weighted by Crippen LogP contribution is 2.13. The normalized spacial score (nSPS) is 12.2. The van der Waals surface area contributed by atoms with E-state index in [0.717, 1.165) is 19.4 Å². The number of unbranched alkanes of at least 4 members (excludes halogenated alkanes) is 1. The Balaban J connectivity index is 2.40. The molecule has 114 valence electrons. The zero-order chi connectivity index (χ0) is 15.2. The third-order valence-electron chi connectivity index (χ3n) is 3.17. The first-order valence-electron chi connectivity index (χ1n) is 6.75. The lowest BCUT2D eigenvalue weighted by Crippen LogP contribution is -2.29. The van der Waals surface area contributed by atoms with Crippen molar-refractivity contribution in [1.29, 1.82) is 0 Å². The van der Waals surface area contributed by atoms with Gasteiger partial charge in [0, 0.05) is 18.8 Å². The molecule has 0 fully saturated rings. The fourth-order valence-electron chi connectivity index (χ4n) is 1.65. The summed E-state index contributed by atoms with van der Waals surface area (Å²) in [6.45, 7) is 5.61. The van der Waals surface area contributed by atoms with Crippen LogP contribution in [0.1, 0.15) is 26.7 Å². The van der Waals surface area contributed by atoms with E-state index >= 15 is 0 Å². The molecule has 1 aromatic heterocycles. The number of nitrogens with one attached hydrogen (secondary N) is 1. The van der Waals surface area contributed by atoms with Crippen molar-refractivity contribution in [1.82, 2.24) is 14.6 Å². The van der Waals surface area contributed by atoms with E-state index in [9.17, 15) is 8.42 Å². The predicted molar refractivity (Wildman–Crippen MR) is 80.8 cm³/mol. The Morgan fingerprint density at radius 2 is 2.10 bits per heavy atom. The van der Waals surface area contributed by atoms with Gasteiger partial charge < -0.3 is 10.6 Å². The lowest BCUT2D eigenvalue weighted by atomic mass is 10.2. The van der Waals surface area contributed by atoms with Crippen molar-refractivity contribution in [2.45, 2.75) is 37.8 Å². The highest BCUT2D eigenvalue weighted by Gasteiger charge is 2.17. The molecular formula is C13H24N4O2S. The molecule has 0 aliphatic carbocycles. The highest BCUT2D eigenvalue weighted by atomic mass is 32.2. The summed E-state index contributed by atoms with van der Waals surface area (Å²) in [7, 11) is -1.55. The Morgan fingerprint density at radius 1 is 1.40 bits per heavy atom. The summed E-state index contributed by atoms with van der Waals surface area (Å²) in [5.74, 6) is 0. The Kier molecular flexibility index (Phi) is 6.38. The average Bonchev–Trinajstić information content (AvgIpc) is 2.38. The molecule has 1 rings (SSSR count). The molecule has 0 radical (unpaired) electrons. The van der Waals surface area contributed by atoms with Crippen molar-refractivity contribution in [2.24, 2.45) is 0 Å². The summed E-state index contributed by atoms with van der Waals surface area (Å²) < 4.78 is 26.5. The molecule has 0 amide bonds. The summed E-state index contributed by atoms with van der Waals surface area (Å²) in [4.78, 5) is 6.04. The summed E-state index contributed by atoms with van der Waals surface area (Å²) in [5.41, 5.74) is 5.79. The SMILES string of the molecule is CC(C)N(C)CCCCNS(=O)(=O)c1ncccc1N. The van der Waals surface area contributed by atoms with Crippen LogP contribution in [0.4, 0.5) is 5.69 Å². The van der Waals surface area contributed by atoms with Gasteiger partial charge in [0.15, 0.2) is 5.03 Å². The van der Waals surface area contributed by atoms with E-state index in [-0.39, 0.29) is 10.7 Å². The van der Waals surface area contributed by atoms with Crippen LogP contribution in [0.2, 0.25) is 0 Å². The van der Waals surface area contributed by atoms with Crippen LogP contribution in [0.15, 0.2) is 23.4 Å². The van der Waals surface area contributed by atoms with Crippen LogP contribution in [0.5, 0.6) is 0 Å². The summed E-state index contributed by atoms with van der Waals surface area (Å²) in [6, 6.07) is 3.63. The topological polar surface area (TPSA) is 88.3 Å². The molecule has 1 heterocycles. The number of hydrogen-bond acceptors (Lipinski definition) is 5. The standard InChI is InChI=1S/C13H24N4O2S/c1-11(2)17(3)10-5-4-9-16-20(18,19)13-12(14)7-6-8-15-13/h6-8,11,16H,4-5,9-10,14H2,1-3H3.